The topological polar surface area (TPSA) is 72.2 Å². The number of aryl methyl sites for hydroxylation is 1. The van der Waals surface area contributed by atoms with Crippen molar-refractivity contribution in [3.63, 3.8) is 0 Å². The van der Waals surface area contributed by atoms with E-state index >= 15 is 0 Å². The lowest BCUT2D eigenvalue weighted by molar-refractivity contribution is 0.315. The van der Waals surface area contributed by atoms with Gasteiger partial charge in [-0.3, -0.25) is 0 Å². The lowest BCUT2D eigenvalue weighted by Gasteiger charge is -2.33. The molecule has 0 heterocycles. The van der Waals surface area contributed by atoms with E-state index in [-0.39, 0.29) is 17.4 Å². The summed E-state index contributed by atoms with van der Waals surface area (Å²) < 4.78 is 40.4. The fourth-order valence-corrected chi connectivity index (χ4v) is 3.44. The molecule has 0 bridgehead atoms. The van der Waals surface area contributed by atoms with Crippen LogP contribution in [-0.4, -0.2) is 20.5 Å². The Kier molecular flexibility index (Phi) is 4.71. The van der Waals surface area contributed by atoms with E-state index in [9.17, 15) is 12.8 Å². The molecule has 0 aromatic heterocycles. The minimum absolute atomic E-state index is 0.0352. The maximum absolute atomic E-state index is 13.0. The third-order valence-electron chi connectivity index (χ3n) is 3.49. The Hall–Kier alpha value is -0.980. The van der Waals surface area contributed by atoms with Crippen LogP contribution in [0, 0.1) is 18.7 Å². The summed E-state index contributed by atoms with van der Waals surface area (Å²) in [6.07, 6.45) is 0. The zero-order valence-electron chi connectivity index (χ0n) is 11.7. The maximum Gasteiger partial charge on any atom is 0.241 e. The van der Waals surface area contributed by atoms with Crippen molar-refractivity contribution in [1.82, 2.24) is 4.72 Å². The van der Waals surface area contributed by atoms with Gasteiger partial charge in [-0.25, -0.2) is 17.5 Å². The van der Waals surface area contributed by atoms with Crippen molar-refractivity contribution in [3.8, 4) is 0 Å². The monoisotopic (exact) mass is 288 g/mol. The number of sulfonamides is 1. The Morgan fingerprint density at radius 3 is 2.42 bits per heavy atom. The minimum atomic E-state index is -3.72. The van der Waals surface area contributed by atoms with Gasteiger partial charge in [-0.15, -0.1) is 0 Å². The molecule has 108 valence electrons. The highest BCUT2D eigenvalue weighted by molar-refractivity contribution is 7.89. The van der Waals surface area contributed by atoms with Crippen LogP contribution in [0.4, 0.5) is 4.39 Å². The fraction of sp³-hybridized carbons (Fsp3) is 0.538. The average Bonchev–Trinajstić information content (AvgIpc) is 2.27. The highest BCUT2D eigenvalue weighted by Gasteiger charge is 2.33. The van der Waals surface area contributed by atoms with E-state index in [2.05, 4.69) is 4.72 Å². The molecule has 0 amide bonds. The van der Waals surface area contributed by atoms with E-state index in [1.54, 1.807) is 13.8 Å². The van der Waals surface area contributed by atoms with Crippen LogP contribution < -0.4 is 10.5 Å². The van der Waals surface area contributed by atoms with E-state index < -0.39 is 21.4 Å². The summed E-state index contributed by atoms with van der Waals surface area (Å²) in [6.45, 7) is 7.30. The van der Waals surface area contributed by atoms with Crippen LogP contribution in [0.5, 0.6) is 0 Å². The van der Waals surface area contributed by atoms with Crippen molar-refractivity contribution in [3.05, 3.63) is 29.6 Å². The standard InChI is InChI=1S/C13H21FN2O2S/c1-9(2)13(4,8-15)16-19(17,18)12-6-5-11(14)7-10(12)3/h5-7,9,16H,8,15H2,1-4H3. The number of rotatable bonds is 5. The molecule has 0 aliphatic carbocycles. The second-order valence-electron chi connectivity index (χ2n) is 5.29. The first kappa shape index (κ1) is 16.1. The van der Waals surface area contributed by atoms with Gasteiger partial charge < -0.3 is 5.73 Å². The second kappa shape index (κ2) is 5.56. The summed E-state index contributed by atoms with van der Waals surface area (Å²) in [5.74, 6) is -0.421. The molecule has 0 spiro atoms. The summed E-state index contributed by atoms with van der Waals surface area (Å²) in [5.41, 5.74) is 5.30. The van der Waals surface area contributed by atoms with E-state index in [0.29, 0.717) is 5.56 Å². The summed E-state index contributed by atoms with van der Waals surface area (Å²) in [6, 6.07) is 3.60. The smallest absolute Gasteiger partial charge is 0.241 e. The molecule has 1 unspecified atom stereocenters. The Morgan fingerprint density at radius 1 is 1.42 bits per heavy atom. The lowest BCUT2D eigenvalue weighted by atomic mass is 9.90. The molecule has 0 saturated heterocycles. The van der Waals surface area contributed by atoms with Crippen molar-refractivity contribution in [2.24, 2.45) is 11.7 Å². The number of nitrogens with one attached hydrogen (secondary N) is 1. The van der Waals surface area contributed by atoms with Crippen LogP contribution in [-0.2, 0) is 10.0 Å². The van der Waals surface area contributed by atoms with Crippen molar-refractivity contribution < 1.29 is 12.8 Å². The zero-order chi connectivity index (χ0) is 14.8. The maximum atomic E-state index is 13.0. The summed E-state index contributed by atoms with van der Waals surface area (Å²) in [7, 11) is -3.72. The van der Waals surface area contributed by atoms with Crippen molar-refractivity contribution in [1.29, 1.82) is 0 Å². The predicted molar refractivity (Wildman–Crippen MR) is 73.8 cm³/mol. The number of halogens is 1. The number of hydrogen-bond acceptors (Lipinski definition) is 3. The number of nitrogens with two attached hydrogens (primary N) is 1. The van der Waals surface area contributed by atoms with Crippen LogP contribution in [0.15, 0.2) is 23.1 Å². The quantitative estimate of drug-likeness (QED) is 0.867. The second-order valence-corrected chi connectivity index (χ2v) is 6.94. The van der Waals surface area contributed by atoms with Gasteiger partial charge in [0.1, 0.15) is 5.82 Å². The molecule has 1 atom stereocenters. The minimum Gasteiger partial charge on any atom is -0.329 e. The fourth-order valence-electron chi connectivity index (χ4n) is 1.67. The van der Waals surface area contributed by atoms with Crippen molar-refractivity contribution in [2.45, 2.75) is 38.1 Å². The summed E-state index contributed by atoms with van der Waals surface area (Å²) >= 11 is 0. The molecule has 1 aromatic rings. The summed E-state index contributed by atoms with van der Waals surface area (Å²) in [4.78, 5) is 0.0780. The molecule has 0 saturated carbocycles. The van der Waals surface area contributed by atoms with E-state index in [1.165, 1.54) is 12.1 Å². The lowest BCUT2D eigenvalue weighted by Crippen LogP contribution is -2.54. The van der Waals surface area contributed by atoms with Gasteiger partial charge in [0, 0.05) is 12.1 Å². The molecule has 0 aliphatic heterocycles. The van der Waals surface area contributed by atoms with Gasteiger partial charge in [0.05, 0.1) is 4.90 Å². The first-order valence-electron chi connectivity index (χ1n) is 6.12. The molecule has 6 heteroatoms. The predicted octanol–water partition coefficient (Wildman–Crippen LogP) is 1.79. The van der Waals surface area contributed by atoms with Crippen molar-refractivity contribution in [2.75, 3.05) is 6.54 Å². The van der Waals surface area contributed by atoms with Crippen LogP contribution >= 0.6 is 0 Å². The molecule has 3 N–H and O–H groups in total. The Labute approximate surface area is 114 Å². The van der Waals surface area contributed by atoms with Gasteiger partial charge in [0.25, 0.3) is 0 Å². The van der Waals surface area contributed by atoms with Crippen LogP contribution in [0.3, 0.4) is 0 Å². The van der Waals surface area contributed by atoms with Crippen LogP contribution in [0.25, 0.3) is 0 Å². The van der Waals surface area contributed by atoms with Gasteiger partial charge >= 0.3 is 0 Å². The average molecular weight is 288 g/mol. The molecule has 1 rings (SSSR count). The number of hydrogen-bond donors (Lipinski definition) is 2. The summed E-state index contributed by atoms with van der Waals surface area (Å²) in [5, 5.41) is 0. The number of benzene rings is 1. The largest absolute Gasteiger partial charge is 0.329 e. The third kappa shape index (κ3) is 3.52. The Morgan fingerprint density at radius 2 is 2.00 bits per heavy atom. The first-order chi connectivity index (χ1) is 8.62. The molecule has 19 heavy (non-hydrogen) atoms. The Balaban J connectivity index is 3.18. The third-order valence-corrected chi connectivity index (χ3v) is 5.26. The Bertz CT molecular complexity index is 558. The SMILES string of the molecule is Cc1cc(F)ccc1S(=O)(=O)NC(C)(CN)C(C)C. The van der Waals surface area contributed by atoms with Crippen LogP contribution in [0.2, 0.25) is 0 Å². The van der Waals surface area contributed by atoms with Crippen molar-refractivity contribution >= 4 is 10.0 Å². The van der Waals surface area contributed by atoms with Gasteiger partial charge in [0.2, 0.25) is 10.0 Å². The molecule has 0 fully saturated rings. The van der Waals surface area contributed by atoms with Gasteiger partial charge in [-0.1, -0.05) is 13.8 Å². The van der Waals surface area contributed by atoms with Crippen LogP contribution in [0.1, 0.15) is 26.3 Å². The van der Waals surface area contributed by atoms with Gasteiger partial charge in [-0.05, 0) is 43.5 Å². The highest BCUT2D eigenvalue weighted by Crippen LogP contribution is 2.21. The highest BCUT2D eigenvalue weighted by atomic mass is 32.2. The van der Waals surface area contributed by atoms with E-state index in [1.807, 2.05) is 13.8 Å². The normalized spacial score (nSPS) is 15.5. The molecule has 1 aromatic carbocycles. The molecule has 4 nitrogen and oxygen atoms in total. The van der Waals surface area contributed by atoms with E-state index in [0.717, 1.165) is 6.07 Å². The first-order valence-corrected chi connectivity index (χ1v) is 7.61. The molecular weight excluding hydrogens is 267 g/mol. The van der Waals surface area contributed by atoms with Gasteiger partial charge in [0.15, 0.2) is 0 Å². The molecule has 0 radical (unpaired) electrons. The molecule has 0 aliphatic rings. The molecular formula is C13H21FN2O2S. The zero-order valence-corrected chi connectivity index (χ0v) is 12.5. The van der Waals surface area contributed by atoms with Gasteiger partial charge in [-0.2, -0.15) is 0 Å². The van der Waals surface area contributed by atoms with E-state index in [4.69, 9.17) is 5.73 Å².